The van der Waals surface area contributed by atoms with Crippen LogP contribution >= 0.6 is 0 Å². The largest absolute Gasteiger partial charge is 0.491 e. The van der Waals surface area contributed by atoms with Gasteiger partial charge in [-0.25, -0.2) is 4.79 Å². The summed E-state index contributed by atoms with van der Waals surface area (Å²) in [4.78, 5) is 12.1. The smallest absolute Gasteiger partial charge is 0.315 e. The molecule has 1 aliphatic rings. The summed E-state index contributed by atoms with van der Waals surface area (Å²) in [5, 5.41) is 5.90. The molecule has 1 aromatic carbocycles. The fourth-order valence-electron chi connectivity index (χ4n) is 2.58. The van der Waals surface area contributed by atoms with E-state index in [1.165, 1.54) is 0 Å². The van der Waals surface area contributed by atoms with Crippen LogP contribution in [0.5, 0.6) is 5.75 Å². The maximum Gasteiger partial charge on any atom is 0.315 e. The summed E-state index contributed by atoms with van der Waals surface area (Å²) in [5.74, 6) is 0.844. The standard InChI is InChI=1S/C16H24N2O3/c1-11(9-16(2,3)20-4)17-15(19)18-13-10-21-14-8-6-5-7-12(13)14/h5-8,11,13H,9-10H2,1-4H3,(H2,17,18,19)/t11-,13-/m1/s1. The van der Waals surface area contributed by atoms with Gasteiger partial charge in [-0.1, -0.05) is 18.2 Å². The van der Waals surface area contributed by atoms with Crippen LogP contribution in [-0.2, 0) is 4.74 Å². The highest BCUT2D eigenvalue weighted by molar-refractivity contribution is 5.75. The van der Waals surface area contributed by atoms with E-state index in [4.69, 9.17) is 9.47 Å². The SMILES string of the molecule is COC(C)(C)C[C@@H](C)NC(=O)N[C@@H]1COc2ccccc21. The Morgan fingerprint density at radius 3 is 2.90 bits per heavy atom. The van der Waals surface area contributed by atoms with Crippen LogP contribution in [0.4, 0.5) is 4.79 Å². The second kappa shape index (κ2) is 6.35. The zero-order valence-electron chi connectivity index (χ0n) is 13.1. The number of urea groups is 1. The van der Waals surface area contributed by atoms with Gasteiger partial charge in [0.05, 0.1) is 11.6 Å². The molecule has 0 bridgehead atoms. The molecule has 1 aromatic rings. The average molecular weight is 292 g/mol. The highest BCUT2D eigenvalue weighted by Gasteiger charge is 2.26. The molecule has 2 amide bonds. The van der Waals surface area contributed by atoms with Crippen LogP contribution < -0.4 is 15.4 Å². The van der Waals surface area contributed by atoms with E-state index >= 15 is 0 Å². The Balaban J connectivity index is 1.86. The van der Waals surface area contributed by atoms with Crippen molar-refractivity contribution in [2.75, 3.05) is 13.7 Å². The molecule has 1 heterocycles. The number of amides is 2. The third-order valence-corrected chi connectivity index (χ3v) is 3.73. The third-order valence-electron chi connectivity index (χ3n) is 3.73. The molecule has 2 atom stereocenters. The zero-order chi connectivity index (χ0) is 15.5. The Hall–Kier alpha value is -1.75. The van der Waals surface area contributed by atoms with Gasteiger partial charge in [0.25, 0.3) is 0 Å². The molecular weight excluding hydrogens is 268 g/mol. The number of para-hydroxylation sites is 1. The lowest BCUT2D eigenvalue weighted by Gasteiger charge is -2.27. The lowest BCUT2D eigenvalue weighted by molar-refractivity contribution is 0.00947. The minimum Gasteiger partial charge on any atom is -0.491 e. The van der Waals surface area contributed by atoms with Gasteiger partial charge in [0, 0.05) is 18.7 Å². The molecule has 0 saturated heterocycles. The van der Waals surface area contributed by atoms with Crippen molar-refractivity contribution in [3.63, 3.8) is 0 Å². The molecule has 0 unspecified atom stereocenters. The summed E-state index contributed by atoms with van der Waals surface area (Å²) in [5.41, 5.74) is 0.771. The molecule has 0 spiro atoms. The minimum absolute atomic E-state index is 0.0255. The van der Waals surface area contributed by atoms with E-state index in [-0.39, 0.29) is 23.7 Å². The number of benzene rings is 1. The molecule has 2 rings (SSSR count). The van der Waals surface area contributed by atoms with Gasteiger partial charge >= 0.3 is 6.03 Å². The summed E-state index contributed by atoms with van der Waals surface area (Å²) in [6.45, 7) is 6.46. The maximum atomic E-state index is 12.1. The van der Waals surface area contributed by atoms with Crippen molar-refractivity contribution in [2.45, 2.75) is 44.9 Å². The molecule has 0 radical (unpaired) electrons. The van der Waals surface area contributed by atoms with Crippen LogP contribution in [0.2, 0.25) is 0 Å². The predicted octanol–water partition coefficient (Wildman–Crippen LogP) is 2.62. The number of ether oxygens (including phenoxy) is 2. The molecule has 2 N–H and O–H groups in total. The Morgan fingerprint density at radius 2 is 2.19 bits per heavy atom. The van der Waals surface area contributed by atoms with Crippen LogP contribution in [0.15, 0.2) is 24.3 Å². The van der Waals surface area contributed by atoms with Gasteiger partial charge in [-0.2, -0.15) is 0 Å². The summed E-state index contributed by atoms with van der Waals surface area (Å²) in [7, 11) is 1.68. The van der Waals surface area contributed by atoms with Crippen molar-refractivity contribution < 1.29 is 14.3 Å². The first-order valence-electron chi connectivity index (χ1n) is 7.25. The first-order chi connectivity index (χ1) is 9.91. The zero-order valence-corrected chi connectivity index (χ0v) is 13.1. The van der Waals surface area contributed by atoms with Gasteiger partial charge in [-0.05, 0) is 33.3 Å². The van der Waals surface area contributed by atoms with Gasteiger partial charge in [-0.3, -0.25) is 0 Å². The van der Waals surface area contributed by atoms with Crippen molar-refractivity contribution in [1.82, 2.24) is 10.6 Å². The third kappa shape index (κ3) is 4.11. The highest BCUT2D eigenvalue weighted by Crippen LogP contribution is 2.31. The number of carbonyl (C=O) groups excluding carboxylic acids is 1. The molecule has 116 valence electrons. The Kier molecular flexibility index (Phi) is 4.73. The topological polar surface area (TPSA) is 59.6 Å². The van der Waals surface area contributed by atoms with Crippen molar-refractivity contribution in [1.29, 1.82) is 0 Å². The van der Waals surface area contributed by atoms with Crippen molar-refractivity contribution in [3.05, 3.63) is 29.8 Å². The van der Waals surface area contributed by atoms with E-state index in [1.807, 2.05) is 45.0 Å². The summed E-state index contributed by atoms with van der Waals surface area (Å²) in [6.07, 6.45) is 0.745. The maximum absolute atomic E-state index is 12.1. The Labute approximate surface area is 126 Å². The van der Waals surface area contributed by atoms with Gasteiger partial charge in [0.2, 0.25) is 0 Å². The van der Waals surface area contributed by atoms with Crippen molar-refractivity contribution >= 4 is 6.03 Å². The fraction of sp³-hybridized carbons (Fsp3) is 0.562. The molecule has 0 saturated carbocycles. The number of fused-ring (bicyclic) bond motifs is 1. The first-order valence-corrected chi connectivity index (χ1v) is 7.25. The first kappa shape index (κ1) is 15.6. The molecular formula is C16H24N2O3. The number of rotatable bonds is 5. The van der Waals surface area contributed by atoms with Crippen LogP contribution in [0, 0.1) is 0 Å². The van der Waals surface area contributed by atoms with Crippen molar-refractivity contribution in [3.8, 4) is 5.75 Å². The average Bonchev–Trinajstić information content (AvgIpc) is 2.81. The molecule has 21 heavy (non-hydrogen) atoms. The molecule has 5 nitrogen and oxygen atoms in total. The fourth-order valence-corrected chi connectivity index (χ4v) is 2.58. The number of nitrogens with one attached hydrogen (secondary N) is 2. The van der Waals surface area contributed by atoms with Gasteiger partial charge in [0.15, 0.2) is 0 Å². The van der Waals surface area contributed by atoms with E-state index in [2.05, 4.69) is 10.6 Å². The van der Waals surface area contributed by atoms with E-state index in [1.54, 1.807) is 7.11 Å². The second-order valence-electron chi connectivity index (χ2n) is 6.09. The molecule has 1 aliphatic heterocycles. The Morgan fingerprint density at radius 1 is 1.48 bits per heavy atom. The lowest BCUT2D eigenvalue weighted by atomic mass is 10.00. The summed E-state index contributed by atoms with van der Waals surface area (Å²) < 4.78 is 10.9. The predicted molar refractivity (Wildman–Crippen MR) is 81.5 cm³/mol. The molecule has 5 heteroatoms. The van der Waals surface area contributed by atoms with Gasteiger partial charge < -0.3 is 20.1 Å². The van der Waals surface area contributed by atoms with Crippen LogP contribution in [0.1, 0.15) is 38.8 Å². The number of carbonyl (C=O) groups is 1. The Bertz CT molecular complexity index is 502. The summed E-state index contributed by atoms with van der Waals surface area (Å²) in [6, 6.07) is 7.52. The van der Waals surface area contributed by atoms with E-state index in [0.29, 0.717) is 6.61 Å². The van der Waals surface area contributed by atoms with E-state index in [0.717, 1.165) is 17.7 Å². The van der Waals surface area contributed by atoms with Crippen LogP contribution in [-0.4, -0.2) is 31.4 Å². The normalized spacial score (nSPS) is 18.6. The number of hydrogen-bond donors (Lipinski definition) is 2. The van der Waals surface area contributed by atoms with Gasteiger partial charge in [0.1, 0.15) is 12.4 Å². The van der Waals surface area contributed by atoms with Crippen LogP contribution in [0.3, 0.4) is 0 Å². The van der Waals surface area contributed by atoms with Crippen LogP contribution in [0.25, 0.3) is 0 Å². The molecule has 0 aliphatic carbocycles. The monoisotopic (exact) mass is 292 g/mol. The molecule has 0 fully saturated rings. The highest BCUT2D eigenvalue weighted by atomic mass is 16.5. The van der Waals surface area contributed by atoms with Gasteiger partial charge in [-0.15, -0.1) is 0 Å². The number of hydrogen-bond acceptors (Lipinski definition) is 3. The second-order valence-corrected chi connectivity index (χ2v) is 6.09. The van der Waals surface area contributed by atoms with Crippen molar-refractivity contribution in [2.24, 2.45) is 0 Å². The lowest BCUT2D eigenvalue weighted by Crippen LogP contribution is -2.45. The quantitative estimate of drug-likeness (QED) is 0.877. The molecule has 0 aromatic heterocycles. The summed E-state index contributed by atoms with van der Waals surface area (Å²) >= 11 is 0. The van der Waals surface area contributed by atoms with E-state index in [9.17, 15) is 4.79 Å². The minimum atomic E-state index is -0.254. The number of methoxy groups -OCH3 is 1. The van der Waals surface area contributed by atoms with E-state index < -0.39 is 0 Å².